The van der Waals surface area contributed by atoms with Crippen LogP contribution in [0.5, 0.6) is 0 Å². The molecule has 1 rings (SSSR count). The molecule has 3 nitrogen and oxygen atoms in total. The first-order valence-corrected chi connectivity index (χ1v) is 6.71. The molecule has 0 aliphatic carbocycles. The predicted octanol–water partition coefficient (Wildman–Crippen LogP) is 2.23. The van der Waals surface area contributed by atoms with Gasteiger partial charge in [0.15, 0.2) is 0 Å². The molecule has 102 valence electrons. The van der Waals surface area contributed by atoms with Crippen LogP contribution in [0.3, 0.4) is 0 Å². The molecule has 0 atom stereocenters. The van der Waals surface area contributed by atoms with Gasteiger partial charge in [0.25, 0.3) is 0 Å². The van der Waals surface area contributed by atoms with Crippen molar-refractivity contribution in [1.29, 1.82) is 0 Å². The zero-order chi connectivity index (χ0) is 13.9. The minimum absolute atomic E-state index is 0.0835. The molecule has 2 N–H and O–H groups in total. The van der Waals surface area contributed by atoms with Crippen molar-refractivity contribution in [3.8, 4) is 11.8 Å². The monoisotopic (exact) mass is 259 g/mol. The molecule has 0 heterocycles. The van der Waals surface area contributed by atoms with E-state index in [-0.39, 0.29) is 12.5 Å². The number of carbonyl (C=O) groups is 1. The maximum absolute atomic E-state index is 11.5. The van der Waals surface area contributed by atoms with Gasteiger partial charge in [-0.2, -0.15) is 0 Å². The molecule has 1 aromatic carbocycles. The molecule has 0 spiro atoms. The maximum Gasteiger partial charge on any atom is 0.220 e. The molecule has 0 fully saturated rings. The lowest BCUT2D eigenvalue weighted by Crippen LogP contribution is -2.22. The van der Waals surface area contributed by atoms with E-state index in [1.807, 2.05) is 24.3 Å². The lowest BCUT2D eigenvalue weighted by atomic mass is 10.1. The van der Waals surface area contributed by atoms with Gasteiger partial charge in [0.1, 0.15) is 0 Å². The van der Waals surface area contributed by atoms with E-state index in [0.717, 1.165) is 24.0 Å². The van der Waals surface area contributed by atoms with E-state index in [9.17, 15) is 4.79 Å². The summed E-state index contributed by atoms with van der Waals surface area (Å²) in [7, 11) is 0. The van der Waals surface area contributed by atoms with Crippen molar-refractivity contribution in [3.05, 3.63) is 35.4 Å². The van der Waals surface area contributed by atoms with Crippen LogP contribution in [-0.2, 0) is 11.3 Å². The first kappa shape index (κ1) is 15.3. The Bertz CT molecular complexity index is 457. The largest absolute Gasteiger partial charge is 0.395 e. The Morgan fingerprint density at radius 3 is 3.00 bits per heavy atom. The van der Waals surface area contributed by atoms with Gasteiger partial charge in [0, 0.05) is 24.9 Å². The summed E-state index contributed by atoms with van der Waals surface area (Å²) >= 11 is 0. The lowest BCUT2D eigenvalue weighted by molar-refractivity contribution is -0.121. The minimum Gasteiger partial charge on any atom is -0.395 e. The fourth-order valence-electron chi connectivity index (χ4n) is 1.61. The van der Waals surface area contributed by atoms with E-state index in [0.29, 0.717) is 19.4 Å². The number of aliphatic hydroxyl groups excluding tert-OH is 1. The van der Waals surface area contributed by atoms with E-state index >= 15 is 0 Å². The second-order valence-corrected chi connectivity index (χ2v) is 4.36. The number of amides is 1. The van der Waals surface area contributed by atoms with Gasteiger partial charge in [-0.3, -0.25) is 4.79 Å². The summed E-state index contributed by atoms with van der Waals surface area (Å²) in [5, 5.41) is 11.6. The normalized spacial score (nSPS) is 9.58. The maximum atomic E-state index is 11.5. The van der Waals surface area contributed by atoms with Gasteiger partial charge < -0.3 is 10.4 Å². The summed E-state index contributed by atoms with van der Waals surface area (Å²) in [5.74, 6) is 5.97. The Morgan fingerprint density at radius 2 is 2.26 bits per heavy atom. The van der Waals surface area contributed by atoms with Gasteiger partial charge >= 0.3 is 0 Å². The summed E-state index contributed by atoms with van der Waals surface area (Å²) in [6.07, 6.45) is 3.03. The van der Waals surface area contributed by atoms with E-state index in [2.05, 4.69) is 24.1 Å². The summed E-state index contributed by atoms with van der Waals surface area (Å²) in [6.45, 7) is 2.69. The summed E-state index contributed by atoms with van der Waals surface area (Å²) in [4.78, 5) is 11.5. The van der Waals surface area contributed by atoms with Crippen molar-refractivity contribution < 1.29 is 9.90 Å². The Balaban J connectivity index is 2.49. The molecule has 0 saturated heterocycles. The number of aliphatic hydroxyl groups is 1. The van der Waals surface area contributed by atoms with Crippen LogP contribution in [0.2, 0.25) is 0 Å². The predicted molar refractivity (Wildman–Crippen MR) is 76.4 cm³/mol. The smallest absolute Gasteiger partial charge is 0.220 e. The first-order chi connectivity index (χ1) is 9.26. The fourth-order valence-corrected chi connectivity index (χ4v) is 1.61. The highest BCUT2D eigenvalue weighted by atomic mass is 16.2. The molecule has 0 saturated carbocycles. The highest BCUT2D eigenvalue weighted by Crippen LogP contribution is 2.04. The van der Waals surface area contributed by atoms with Crippen molar-refractivity contribution in [2.75, 3.05) is 6.61 Å². The van der Waals surface area contributed by atoms with Crippen LogP contribution in [0.4, 0.5) is 0 Å². The van der Waals surface area contributed by atoms with Crippen LogP contribution in [-0.4, -0.2) is 17.6 Å². The molecule has 0 aromatic heterocycles. The summed E-state index contributed by atoms with van der Waals surface area (Å²) in [5.41, 5.74) is 1.95. The third-order valence-electron chi connectivity index (χ3n) is 2.64. The highest BCUT2D eigenvalue weighted by molar-refractivity contribution is 5.75. The average Bonchev–Trinajstić information content (AvgIpc) is 2.44. The number of hydrogen-bond acceptors (Lipinski definition) is 2. The van der Waals surface area contributed by atoms with E-state index in [1.165, 1.54) is 0 Å². The Morgan fingerprint density at radius 1 is 1.42 bits per heavy atom. The van der Waals surface area contributed by atoms with Crippen LogP contribution in [0.25, 0.3) is 0 Å². The van der Waals surface area contributed by atoms with Gasteiger partial charge in [-0.25, -0.2) is 0 Å². The van der Waals surface area contributed by atoms with Gasteiger partial charge in [-0.05, 0) is 24.1 Å². The minimum atomic E-state index is 0.0835. The first-order valence-electron chi connectivity index (χ1n) is 6.71. The highest BCUT2D eigenvalue weighted by Gasteiger charge is 2.00. The molecule has 0 aliphatic rings. The fraction of sp³-hybridized carbons (Fsp3) is 0.438. The molecule has 1 amide bonds. The quantitative estimate of drug-likeness (QED) is 0.770. The van der Waals surface area contributed by atoms with E-state index in [1.54, 1.807) is 0 Å². The third-order valence-corrected chi connectivity index (χ3v) is 2.64. The number of unbranched alkanes of at least 4 members (excludes halogenated alkanes) is 1. The van der Waals surface area contributed by atoms with Crippen LogP contribution in [0.15, 0.2) is 24.3 Å². The Hall–Kier alpha value is -1.79. The number of rotatable bonds is 6. The van der Waals surface area contributed by atoms with Crippen molar-refractivity contribution >= 4 is 5.91 Å². The topological polar surface area (TPSA) is 49.3 Å². The standard InChI is InChI=1S/C16H21NO2/c1-2-3-10-16(19)17-13-15-9-6-8-14(12-15)7-4-5-11-18/h6,8-9,12,18H,2-3,5,10-11,13H2,1H3,(H,17,19). The van der Waals surface area contributed by atoms with Crippen molar-refractivity contribution in [2.24, 2.45) is 0 Å². The third kappa shape index (κ3) is 6.64. The number of nitrogens with one attached hydrogen (secondary N) is 1. The van der Waals surface area contributed by atoms with Gasteiger partial charge in [-0.15, -0.1) is 0 Å². The molecular formula is C16H21NO2. The molecule has 3 heteroatoms. The van der Waals surface area contributed by atoms with Crippen molar-refractivity contribution in [3.63, 3.8) is 0 Å². The molecule has 0 unspecified atom stereocenters. The van der Waals surface area contributed by atoms with E-state index < -0.39 is 0 Å². The van der Waals surface area contributed by atoms with Crippen LogP contribution < -0.4 is 5.32 Å². The second-order valence-electron chi connectivity index (χ2n) is 4.36. The second kappa shape index (κ2) is 9.18. The van der Waals surface area contributed by atoms with Crippen molar-refractivity contribution in [1.82, 2.24) is 5.32 Å². The number of hydrogen-bond donors (Lipinski definition) is 2. The SMILES string of the molecule is CCCCC(=O)NCc1cccc(C#CCCO)c1. The lowest BCUT2D eigenvalue weighted by Gasteiger charge is -2.05. The molecule has 0 radical (unpaired) electrons. The zero-order valence-corrected chi connectivity index (χ0v) is 11.4. The van der Waals surface area contributed by atoms with Gasteiger partial charge in [-0.1, -0.05) is 37.3 Å². The molecule has 1 aromatic rings. The van der Waals surface area contributed by atoms with Crippen LogP contribution >= 0.6 is 0 Å². The molecule has 19 heavy (non-hydrogen) atoms. The average molecular weight is 259 g/mol. The summed E-state index contributed by atoms with van der Waals surface area (Å²) < 4.78 is 0. The van der Waals surface area contributed by atoms with Crippen molar-refractivity contribution in [2.45, 2.75) is 39.2 Å². The Labute approximate surface area is 115 Å². The van der Waals surface area contributed by atoms with Gasteiger partial charge in [0.2, 0.25) is 5.91 Å². The Kier molecular flexibility index (Phi) is 7.38. The van der Waals surface area contributed by atoms with Crippen LogP contribution in [0.1, 0.15) is 43.7 Å². The zero-order valence-electron chi connectivity index (χ0n) is 11.4. The molecule has 0 bridgehead atoms. The molecular weight excluding hydrogens is 238 g/mol. The number of benzene rings is 1. The van der Waals surface area contributed by atoms with E-state index in [4.69, 9.17) is 5.11 Å². The van der Waals surface area contributed by atoms with Gasteiger partial charge in [0.05, 0.1) is 6.61 Å². The molecule has 0 aliphatic heterocycles. The van der Waals surface area contributed by atoms with Crippen LogP contribution in [0, 0.1) is 11.8 Å². The summed E-state index contributed by atoms with van der Waals surface area (Å²) in [6, 6.07) is 7.78. The number of carbonyl (C=O) groups excluding carboxylic acids is 1.